The summed E-state index contributed by atoms with van der Waals surface area (Å²) in [5.74, 6) is 0.519. The minimum atomic E-state index is -0.377. The van der Waals surface area contributed by atoms with Gasteiger partial charge in [0.15, 0.2) is 5.58 Å². The Balaban J connectivity index is 1.17. The van der Waals surface area contributed by atoms with E-state index in [0.717, 1.165) is 16.7 Å². The summed E-state index contributed by atoms with van der Waals surface area (Å²) in [5, 5.41) is 0. The number of benzene rings is 4. The molecule has 0 radical (unpaired) electrons. The predicted octanol–water partition coefficient (Wildman–Crippen LogP) is 7.90. The molecule has 0 bridgehead atoms. The summed E-state index contributed by atoms with van der Waals surface area (Å²) in [4.78, 5) is 24.5. The van der Waals surface area contributed by atoms with Gasteiger partial charge in [0.05, 0.1) is 11.6 Å². The average molecular weight is 586 g/mol. The molecular weight excluding hydrogens is 557 g/mol. The molecule has 0 N–H and O–H groups in total. The van der Waals surface area contributed by atoms with Gasteiger partial charge in [0.25, 0.3) is 5.91 Å². The summed E-state index contributed by atoms with van der Waals surface area (Å²) in [7, 11) is 0. The molecule has 0 fully saturated rings. The number of halogens is 1. The summed E-state index contributed by atoms with van der Waals surface area (Å²) in [6, 6.07) is 32.9. The molecule has 8 heteroatoms. The summed E-state index contributed by atoms with van der Waals surface area (Å²) in [6.07, 6.45) is 0. The Hall–Kier alpha value is -5.50. The van der Waals surface area contributed by atoms with Crippen molar-refractivity contribution in [3.8, 4) is 23.2 Å². The lowest BCUT2D eigenvalue weighted by Crippen LogP contribution is -2.28. The first-order valence-electron chi connectivity index (χ1n) is 14.4. The van der Waals surface area contributed by atoms with Crippen molar-refractivity contribution in [1.29, 1.82) is 0 Å². The smallest absolute Gasteiger partial charge is 0.254 e. The van der Waals surface area contributed by atoms with E-state index < -0.39 is 0 Å². The van der Waals surface area contributed by atoms with Crippen LogP contribution >= 0.6 is 0 Å². The molecule has 0 saturated carbocycles. The fourth-order valence-electron chi connectivity index (χ4n) is 5.48. The van der Waals surface area contributed by atoms with Crippen molar-refractivity contribution < 1.29 is 23.1 Å². The summed E-state index contributed by atoms with van der Waals surface area (Å²) in [5.41, 5.74) is 5.40. The fraction of sp³-hybridized carbons (Fsp3) is 0.139. The normalized spacial score (nSPS) is 14.0. The quantitative estimate of drug-likeness (QED) is 0.181. The van der Waals surface area contributed by atoms with E-state index >= 15 is 0 Å². The number of oxazole rings is 1. The van der Waals surface area contributed by atoms with Gasteiger partial charge in [0, 0.05) is 23.7 Å². The maximum absolute atomic E-state index is 14.5. The molecule has 2 aromatic heterocycles. The molecule has 1 atom stereocenters. The Labute approximate surface area is 253 Å². The first-order chi connectivity index (χ1) is 21.5. The van der Waals surface area contributed by atoms with Crippen LogP contribution in [0, 0.1) is 5.82 Å². The van der Waals surface area contributed by atoms with E-state index in [1.807, 2.05) is 79.7 Å². The minimum absolute atomic E-state index is 0.207. The first-order valence-corrected chi connectivity index (χ1v) is 14.4. The lowest BCUT2D eigenvalue weighted by atomic mass is 10.1. The molecule has 7 nitrogen and oxygen atoms in total. The molecule has 218 valence electrons. The number of rotatable bonds is 8. The van der Waals surface area contributed by atoms with E-state index in [1.165, 1.54) is 6.07 Å². The Morgan fingerprint density at radius 3 is 2.32 bits per heavy atom. The minimum Gasteiger partial charge on any atom is -0.473 e. The molecule has 6 aromatic rings. The third-order valence-electron chi connectivity index (χ3n) is 7.78. The number of carbonyl (C=O) groups is 1. The summed E-state index contributed by atoms with van der Waals surface area (Å²) < 4.78 is 32.8. The van der Waals surface area contributed by atoms with Crippen LogP contribution in [0.4, 0.5) is 4.39 Å². The zero-order valence-corrected chi connectivity index (χ0v) is 23.9. The number of aromatic nitrogens is 2. The molecule has 3 heterocycles. The molecule has 0 aliphatic carbocycles. The molecule has 4 aromatic carbocycles. The van der Waals surface area contributed by atoms with Crippen molar-refractivity contribution in [1.82, 2.24) is 14.9 Å². The number of hydrogen-bond donors (Lipinski definition) is 0. The molecule has 44 heavy (non-hydrogen) atoms. The number of amides is 1. The van der Waals surface area contributed by atoms with Crippen LogP contribution in [0.3, 0.4) is 0 Å². The van der Waals surface area contributed by atoms with Crippen LogP contribution in [0.25, 0.3) is 22.6 Å². The predicted molar refractivity (Wildman–Crippen MR) is 163 cm³/mol. The van der Waals surface area contributed by atoms with Crippen molar-refractivity contribution in [2.45, 2.75) is 32.7 Å². The molecule has 7 rings (SSSR count). The van der Waals surface area contributed by atoms with Crippen molar-refractivity contribution in [2.75, 3.05) is 0 Å². The van der Waals surface area contributed by atoms with E-state index in [0.29, 0.717) is 65.2 Å². The lowest BCUT2D eigenvalue weighted by Gasteiger charge is -2.22. The van der Waals surface area contributed by atoms with Crippen LogP contribution in [-0.2, 0) is 19.8 Å². The highest BCUT2D eigenvalue weighted by Gasteiger charge is 2.33. The van der Waals surface area contributed by atoms with E-state index in [4.69, 9.17) is 13.9 Å². The Bertz CT molecular complexity index is 1960. The topological polar surface area (TPSA) is 77.7 Å². The third-order valence-corrected chi connectivity index (χ3v) is 7.78. The van der Waals surface area contributed by atoms with Gasteiger partial charge in [-0.3, -0.25) is 4.79 Å². The third kappa shape index (κ3) is 5.38. The van der Waals surface area contributed by atoms with Gasteiger partial charge < -0.3 is 18.8 Å². The zero-order chi connectivity index (χ0) is 30.0. The van der Waals surface area contributed by atoms with Crippen molar-refractivity contribution in [3.63, 3.8) is 0 Å². The van der Waals surface area contributed by atoms with Crippen LogP contribution in [0.5, 0.6) is 11.8 Å². The van der Waals surface area contributed by atoms with E-state index in [9.17, 15) is 9.18 Å². The summed E-state index contributed by atoms with van der Waals surface area (Å²) >= 11 is 0. The molecule has 1 aliphatic rings. The highest BCUT2D eigenvalue weighted by Crippen LogP contribution is 2.37. The largest absolute Gasteiger partial charge is 0.473 e. The van der Waals surface area contributed by atoms with Gasteiger partial charge in [0.2, 0.25) is 17.7 Å². The van der Waals surface area contributed by atoms with Crippen LogP contribution in [0.2, 0.25) is 0 Å². The second-order valence-corrected chi connectivity index (χ2v) is 10.7. The van der Waals surface area contributed by atoms with Crippen LogP contribution in [0.1, 0.15) is 45.6 Å². The highest BCUT2D eigenvalue weighted by atomic mass is 19.1. The van der Waals surface area contributed by atoms with Gasteiger partial charge in [-0.15, -0.1) is 0 Å². The molecule has 1 unspecified atom stereocenters. The average Bonchev–Trinajstić information content (AvgIpc) is 3.64. The lowest BCUT2D eigenvalue weighted by molar-refractivity contribution is 0.0703. The maximum Gasteiger partial charge on any atom is 0.254 e. The molecule has 0 saturated heterocycles. The Morgan fingerprint density at radius 2 is 1.59 bits per heavy atom. The number of fused-ring (bicyclic) bond motifs is 2. The molecular formula is C36H28FN3O4. The van der Waals surface area contributed by atoms with Crippen LogP contribution in [0.15, 0.2) is 114 Å². The van der Waals surface area contributed by atoms with Crippen molar-refractivity contribution in [3.05, 3.63) is 143 Å². The first kappa shape index (κ1) is 27.3. The van der Waals surface area contributed by atoms with Gasteiger partial charge in [-0.2, -0.15) is 4.98 Å². The second-order valence-electron chi connectivity index (χ2n) is 10.7. The van der Waals surface area contributed by atoms with E-state index in [2.05, 4.69) is 9.97 Å². The number of nitrogens with zero attached hydrogens (tertiary/aromatic N) is 3. The Kier molecular flexibility index (Phi) is 7.24. The Morgan fingerprint density at radius 1 is 0.864 bits per heavy atom. The molecule has 1 aliphatic heterocycles. The van der Waals surface area contributed by atoms with Crippen molar-refractivity contribution in [2.24, 2.45) is 0 Å². The van der Waals surface area contributed by atoms with Gasteiger partial charge in [0.1, 0.15) is 24.5 Å². The van der Waals surface area contributed by atoms with Crippen LogP contribution < -0.4 is 9.47 Å². The molecule has 1 amide bonds. The van der Waals surface area contributed by atoms with Crippen molar-refractivity contribution >= 4 is 17.0 Å². The summed E-state index contributed by atoms with van der Waals surface area (Å²) in [6.45, 7) is 2.84. The second kappa shape index (κ2) is 11.6. The monoisotopic (exact) mass is 585 g/mol. The maximum atomic E-state index is 14.5. The van der Waals surface area contributed by atoms with E-state index in [-0.39, 0.29) is 17.8 Å². The molecule has 0 spiro atoms. The van der Waals surface area contributed by atoms with Gasteiger partial charge in [-0.05, 0) is 53.9 Å². The standard InChI is InChI=1S/C36H28FN3O4/c1-23-33-27(13-8-14-29(33)37)20-40(23)36(41)26-15-17-30-31(19-26)44-35(38-30)28-16-18-32(42-21-24-9-4-2-5-10-24)39-34(28)43-22-25-11-6-3-7-12-25/h2-19,23H,20-22H2,1H3. The highest BCUT2D eigenvalue weighted by molar-refractivity contribution is 5.98. The van der Waals surface area contributed by atoms with Gasteiger partial charge >= 0.3 is 0 Å². The number of hydrogen-bond acceptors (Lipinski definition) is 6. The SMILES string of the molecule is CC1c2c(F)cccc2CN1C(=O)c1ccc2nc(-c3ccc(OCc4ccccc4)nc3OCc3ccccc3)oc2c1. The van der Waals surface area contributed by atoms with Gasteiger partial charge in [-0.25, -0.2) is 9.37 Å². The number of carbonyl (C=O) groups excluding carboxylic acids is 1. The number of ether oxygens (including phenoxy) is 2. The fourth-order valence-corrected chi connectivity index (χ4v) is 5.48. The van der Waals surface area contributed by atoms with E-state index in [1.54, 1.807) is 35.2 Å². The zero-order valence-electron chi connectivity index (χ0n) is 23.9. The number of pyridine rings is 1. The van der Waals surface area contributed by atoms with Crippen LogP contribution in [-0.4, -0.2) is 20.8 Å². The van der Waals surface area contributed by atoms with Gasteiger partial charge in [-0.1, -0.05) is 72.8 Å².